The van der Waals surface area contributed by atoms with E-state index in [0.717, 1.165) is 12.8 Å². The largest absolute Gasteiger partial charge is 0.381 e. The average molecular weight is 238 g/mol. The molecule has 0 heterocycles. The number of ketones is 1. The minimum absolute atomic E-state index is 0.00426. The van der Waals surface area contributed by atoms with Gasteiger partial charge in [0.15, 0.2) is 5.78 Å². The lowest BCUT2D eigenvalue weighted by Gasteiger charge is -2.04. The van der Waals surface area contributed by atoms with Crippen molar-refractivity contribution in [1.82, 2.24) is 0 Å². The van der Waals surface area contributed by atoms with E-state index in [1.54, 1.807) is 13.0 Å². The maximum absolute atomic E-state index is 13.0. The van der Waals surface area contributed by atoms with Crippen LogP contribution >= 0.6 is 0 Å². The molecule has 0 aliphatic rings. The van der Waals surface area contributed by atoms with Crippen molar-refractivity contribution in [2.45, 2.75) is 33.1 Å². The number of carbonyl (C=O) groups excluding carboxylic acids is 1. The zero-order valence-electron chi connectivity index (χ0n) is 10.5. The van der Waals surface area contributed by atoms with Crippen LogP contribution in [-0.4, -0.2) is 19.0 Å². The van der Waals surface area contributed by atoms with Crippen LogP contribution in [0.5, 0.6) is 0 Å². The average Bonchev–Trinajstić information content (AvgIpc) is 2.32. The van der Waals surface area contributed by atoms with Gasteiger partial charge in [0.25, 0.3) is 0 Å². The van der Waals surface area contributed by atoms with Crippen LogP contribution < -0.4 is 0 Å². The first-order valence-electron chi connectivity index (χ1n) is 6.02. The van der Waals surface area contributed by atoms with Crippen LogP contribution in [0.4, 0.5) is 4.39 Å². The van der Waals surface area contributed by atoms with E-state index < -0.39 is 0 Å². The summed E-state index contributed by atoms with van der Waals surface area (Å²) in [5.41, 5.74) is 1.06. The molecule has 0 fully saturated rings. The first-order chi connectivity index (χ1) is 8.15. The van der Waals surface area contributed by atoms with E-state index >= 15 is 0 Å². The van der Waals surface area contributed by atoms with Crippen molar-refractivity contribution in [1.29, 1.82) is 0 Å². The van der Waals surface area contributed by atoms with Crippen LogP contribution in [0.15, 0.2) is 18.2 Å². The molecule has 0 saturated heterocycles. The monoisotopic (exact) mass is 238 g/mol. The molecule has 2 nitrogen and oxygen atoms in total. The van der Waals surface area contributed by atoms with Crippen LogP contribution in [-0.2, 0) is 4.74 Å². The lowest BCUT2D eigenvalue weighted by atomic mass is 10.1. The van der Waals surface area contributed by atoms with Gasteiger partial charge in [-0.3, -0.25) is 4.79 Å². The molecule has 0 radical (unpaired) electrons. The summed E-state index contributed by atoms with van der Waals surface area (Å²) in [6.07, 6.45) is 2.46. The second kappa shape index (κ2) is 7.17. The van der Waals surface area contributed by atoms with Crippen LogP contribution in [0, 0.1) is 12.7 Å². The number of hydrogen-bond acceptors (Lipinski definition) is 2. The molecule has 0 atom stereocenters. The highest BCUT2D eigenvalue weighted by Crippen LogP contribution is 2.11. The van der Waals surface area contributed by atoms with E-state index in [1.807, 2.05) is 0 Å². The summed E-state index contributed by atoms with van der Waals surface area (Å²) in [5.74, 6) is -0.273. The second-order valence-electron chi connectivity index (χ2n) is 4.10. The maximum atomic E-state index is 13.0. The van der Waals surface area contributed by atoms with Gasteiger partial charge in [-0.25, -0.2) is 4.39 Å². The third-order valence-corrected chi connectivity index (χ3v) is 2.60. The normalized spacial score (nSPS) is 10.5. The summed E-state index contributed by atoms with van der Waals surface area (Å²) in [6.45, 7) is 4.89. The number of carbonyl (C=O) groups is 1. The van der Waals surface area contributed by atoms with Crippen LogP contribution in [0.25, 0.3) is 0 Å². The first kappa shape index (κ1) is 13.8. The molecule has 1 aromatic carbocycles. The van der Waals surface area contributed by atoms with Gasteiger partial charge in [0.1, 0.15) is 5.82 Å². The van der Waals surface area contributed by atoms with E-state index in [-0.39, 0.29) is 11.6 Å². The molecule has 94 valence electrons. The van der Waals surface area contributed by atoms with Crippen molar-refractivity contribution >= 4 is 5.78 Å². The van der Waals surface area contributed by atoms with Gasteiger partial charge in [0.05, 0.1) is 6.61 Å². The maximum Gasteiger partial charge on any atom is 0.165 e. The summed E-state index contributed by atoms with van der Waals surface area (Å²) >= 11 is 0. The summed E-state index contributed by atoms with van der Waals surface area (Å²) in [6, 6.07) is 4.45. The molecule has 0 unspecified atom stereocenters. The molecule has 0 amide bonds. The van der Waals surface area contributed by atoms with Crippen molar-refractivity contribution in [2.24, 2.45) is 0 Å². The van der Waals surface area contributed by atoms with Gasteiger partial charge < -0.3 is 4.74 Å². The molecule has 3 heteroatoms. The fourth-order valence-electron chi connectivity index (χ4n) is 1.48. The molecule has 17 heavy (non-hydrogen) atoms. The molecule has 0 spiro atoms. The van der Waals surface area contributed by atoms with Crippen molar-refractivity contribution in [3.8, 4) is 0 Å². The smallest absolute Gasteiger partial charge is 0.165 e. The molecular formula is C14H19FO2. The lowest BCUT2D eigenvalue weighted by Crippen LogP contribution is -2.06. The number of hydrogen-bond donors (Lipinski definition) is 0. The zero-order valence-corrected chi connectivity index (χ0v) is 10.5. The molecular weight excluding hydrogens is 219 g/mol. The fourth-order valence-corrected chi connectivity index (χ4v) is 1.48. The van der Waals surface area contributed by atoms with E-state index in [9.17, 15) is 9.18 Å². The fraction of sp³-hybridized carbons (Fsp3) is 0.500. The summed E-state index contributed by atoms with van der Waals surface area (Å²) in [5, 5.41) is 0. The quantitative estimate of drug-likeness (QED) is 0.536. The highest BCUT2D eigenvalue weighted by molar-refractivity contribution is 5.96. The Balaban J connectivity index is 2.39. The summed E-state index contributed by atoms with van der Waals surface area (Å²) in [4.78, 5) is 11.7. The van der Waals surface area contributed by atoms with E-state index in [0.29, 0.717) is 30.8 Å². The van der Waals surface area contributed by atoms with Crippen LogP contribution in [0.3, 0.4) is 0 Å². The Morgan fingerprint density at radius 3 is 2.76 bits per heavy atom. The van der Waals surface area contributed by atoms with Gasteiger partial charge in [-0.2, -0.15) is 0 Å². The van der Waals surface area contributed by atoms with Crippen LogP contribution in [0.2, 0.25) is 0 Å². The summed E-state index contributed by atoms with van der Waals surface area (Å²) in [7, 11) is 0. The van der Waals surface area contributed by atoms with Crippen molar-refractivity contribution in [3.63, 3.8) is 0 Å². The SMILES string of the molecule is CCCCOCCC(=O)c1ccc(F)c(C)c1. The van der Waals surface area contributed by atoms with Crippen molar-refractivity contribution in [3.05, 3.63) is 35.1 Å². The standard InChI is InChI=1S/C14H19FO2/c1-3-4-8-17-9-7-14(16)12-5-6-13(15)11(2)10-12/h5-6,10H,3-4,7-9H2,1-2H3. The predicted molar refractivity (Wildman–Crippen MR) is 65.8 cm³/mol. The first-order valence-corrected chi connectivity index (χ1v) is 6.02. The Morgan fingerprint density at radius 2 is 2.12 bits per heavy atom. The van der Waals surface area contributed by atoms with Gasteiger partial charge in [0.2, 0.25) is 0 Å². The van der Waals surface area contributed by atoms with Gasteiger partial charge >= 0.3 is 0 Å². The highest BCUT2D eigenvalue weighted by atomic mass is 19.1. The number of benzene rings is 1. The molecule has 0 aliphatic heterocycles. The van der Waals surface area contributed by atoms with Gasteiger partial charge in [-0.05, 0) is 37.1 Å². The minimum Gasteiger partial charge on any atom is -0.381 e. The lowest BCUT2D eigenvalue weighted by molar-refractivity contribution is 0.0873. The topological polar surface area (TPSA) is 26.3 Å². The van der Waals surface area contributed by atoms with E-state index in [4.69, 9.17) is 4.74 Å². The Labute approximate surface area is 102 Å². The molecule has 0 saturated carbocycles. The van der Waals surface area contributed by atoms with E-state index in [1.165, 1.54) is 12.1 Å². The number of rotatable bonds is 7. The molecule has 0 N–H and O–H groups in total. The Hall–Kier alpha value is -1.22. The molecule has 1 rings (SSSR count). The Bertz CT molecular complexity index is 374. The number of ether oxygens (including phenoxy) is 1. The van der Waals surface area contributed by atoms with Gasteiger partial charge in [-0.15, -0.1) is 0 Å². The minimum atomic E-state index is -0.277. The number of unbranched alkanes of at least 4 members (excludes halogenated alkanes) is 1. The zero-order chi connectivity index (χ0) is 12.7. The Morgan fingerprint density at radius 1 is 1.35 bits per heavy atom. The van der Waals surface area contributed by atoms with Crippen LogP contribution in [0.1, 0.15) is 42.1 Å². The van der Waals surface area contributed by atoms with Crippen molar-refractivity contribution < 1.29 is 13.9 Å². The van der Waals surface area contributed by atoms with Gasteiger partial charge in [-0.1, -0.05) is 13.3 Å². The number of aryl methyl sites for hydroxylation is 1. The third kappa shape index (κ3) is 4.65. The van der Waals surface area contributed by atoms with E-state index in [2.05, 4.69) is 6.92 Å². The molecule has 1 aromatic rings. The van der Waals surface area contributed by atoms with Crippen molar-refractivity contribution in [2.75, 3.05) is 13.2 Å². The second-order valence-corrected chi connectivity index (χ2v) is 4.10. The van der Waals surface area contributed by atoms with Gasteiger partial charge in [0, 0.05) is 18.6 Å². The number of Topliss-reactive ketones (excluding diaryl/α,β-unsaturated/α-hetero) is 1. The number of halogens is 1. The molecule has 0 aromatic heterocycles. The summed E-state index contributed by atoms with van der Waals surface area (Å²) < 4.78 is 18.3. The Kier molecular flexibility index (Phi) is 5.84. The third-order valence-electron chi connectivity index (χ3n) is 2.60. The predicted octanol–water partition coefficient (Wildman–Crippen LogP) is 3.52. The molecule has 0 aliphatic carbocycles. The highest BCUT2D eigenvalue weighted by Gasteiger charge is 2.07. The molecule has 0 bridgehead atoms.